The number of thiophene rings is 1. The number of esters is 1. The summed E-state index contributed by atoms with van der Waals surface area (Å²) in [6.07, 6.45) is 3.68. The molecule has 4 rings (SSSR count). The second kappa shape index (κ2) is 7.20. The van der Waals surface area contributed by atoms with Crippen LogP contribution in [0.25, 0.3) is 27.2 Å². The molecule has 3 aromatic heterocycles. The maximum absolute atomic E-state index is 12.6. The molecule has 0 aliphatic heterocycles. The monoisotopic (exact) mass is 379 g/mol. The van der Waals surface area contributed by atoms with Crippen molar-refractivity contribution in [2.75, 3.05) is 6.61 Å². The quantitative estimate of drug-likeness (QED) is 0.538. The summed E-state index contributed by atoms with van der Waals surface area (Å²) in [6, 6.07) is 12.3. The summed E-state index contributed by atoms with van der Waals surface area (Å²) in [4.78, 5) is 29.0. The highest BCUT2D eigenvalue weighted by atomic mass is 32.1. The Kier molecular flexibility index (Phi) is 4.60. The predicted molar refractivity (Wildman–Crippen MR) is 105 cm³/mol. The number of carbonyl (C=O) groups excluding carboxylic acids is 1. The van der Waals surface area contributed by atoms with Gasteiger partial charge in [-0.1, -0.05) is 30.3 Å². The smallest absolute Gasteiger partial charge is 0.302 e. The molecule has 0 saturated carbocycles. The molecule has 0 spiro atoms. The molecule has 0 saturated heterocycles. The molecule has 7 heteroatoms. The molecule has 0 atom stereocenters. The average Bonchev–Trinajstić information content (AvgIpc) is 3.31. The lowest BCUT2D eigenvalue weighted by atomic mass is 10.1. The third-order valence-corrected chi connectivity index (χ3v) is 5.22. The van der Waals surface area contributed by atoms with Crippen LogP contribution in [0.2, 0.25) is 0 Å². The number of benzene rings is 1. The highest BCUT2D eigenvalue weighted by molar-refractivity contribution is 7.14. The first-order valence-corrected chi connectivity index (χ1v) is 9.37. The maximum atomic E-state index is 12.6. The summed E-state index contributed by atoms with van der Waals surface area (Å²) < 4.78 is 6.34. The number of hydrogen-bond donors (Lipinski definition) is 1. The van der Waals surface area contributed by atoms with Gasteiger partial charge in [-0.2, -0.15) is 0 Å². The van der Waals surface area contributed by atoms with E-state index < -0.39 is 0 Å². The molecule has 0 amide bonds. The van der Waals surface area contributed by atoms with Crippen LogP contribution in [-0.4, -0.2) is 27.2 Å². The first-order valence-electron chi connectivity index (χ1n) is 8.49. The van der Waals surface area contributed by atoms with Crippen molar-refractivity contribution >= 4 is 23.0 Å². The average molecular weight is 379 g/mol. The van der Waals surface area contributed by atoms with Crippen molar-refractivity contribution in [3.8, 4) is 21.6 Å². The molecule has 0 radical (unpaired) electrons. The first kappa shape index (κ1) is 17.2. The summed E-state index contributed by atoms with van der Waals surface area (Å²) in [5.74, 6) is -0.363. The molecular weight excluding hydrogens is 362 g/mol. The van der Waals surface area contributed by atoms with Crippen LogP contribution in [0, 0.1) is 0 Å². The fourth-order valence-electron chi connectivity index (χ4n) is 2.91. The van der Waals surface area contributed by atoms with Crippen LogP contribution in [0.3, 0.4) is 0 Å². The molecule has 1 aromatic carbocycles. The van der Waals surface area contributed by atoms with Crippen LogP contribution in [0.15, 0.2) is 59.0 Å². The highest BCUT2D eigenvalue weighted by Crippen LogP contribution is 2.33. The molecule has 1 N–H and O–H groups in total. The Morgan fingerprint density at radius 2 is 2.07 bits per heavy atom. The number of carbonyl (C=O) groups is 1. The van der Waals surface area contributed by atoms with Crippen molar-refractivity contribution in [2.45, 2.75) is 13.3 Å². The SMILES string of the molecule is CC(=O)OCCc1cnc2c(-c3cc(-c4ccccc4)cs3)c[nH]n2c1=O. The lowest BCUT2D eigenvalue weighted by molar-refractivity contribution is -0.140. The van der Waals surface area contributed by atoms with E-state index in [2.05, 4.69) is 33.7 Å². The van der Waals surface area contributed by atoms with Gasteiger partial charge in [0.15, 0.2) is 5.65 Å². The zero-order chi connectivity index (χ0) is 18.8. The number of rotatable bonds is 5. The first-order chi connectivity index (χ1) is 13.1. The number of aromatic nitrogens is 3. The van der Waals surface area contributed by atoms with E-state index in [4.69, 9.17) is 4.74 Å². The van der Waals surface area contributed by atoms with E-state index in [1.807, 2.05) is 18.2 Å². The maximum Gasteiger partial charge on any atom is 0.302 e. The van der Waals surface area contributed by atoms with E-state index in [0.717, 1.165) is 21.6 Å². The number of aromatic amines is 1. The Morgan fingerprint density at radius 3 is 2.85 bits per heavy atom. The van der Waals surface area contributed by atoms with Crippen molar-refractivity contribution in [3.63, 3.8) is 0 Å². The minimum atomic E-state index is -0.363. The van der Waals surface area contributed by atoms with Crippen LogP contribution in [0.5, 0.6) is 0 Å². The minimum Gasteiger partial charge on any atom is -0.466 e. The van der Waals surface area contributed by atoms with E-state index in [9.17, 15) is 9.59 Å². The second-order valence-electron chi connectivity index (χ2n) is 6.09. The number of H-pyrrole nitrogens is 1. The molecule has 136 valence electrons. The van der Waals surface area contributed by atoms with E-state index in [-0.39, 0.29) is 18.1 Å². The van der Waals surface area contributed by atoms with E-state index in [1.54, 1.807) is 23.7 Å². The number of nitrogens with one attached hydrogen (secondary N) is 1. The normalized spacial score (nSPS) is 11.0. The van der Waals surface area contributed by atoms with Crippen LogP contribution in [0.1, 0.15) is 12.5 Å². The van der Waals surface area contributed by atoms with Crippen molar-refractivity contribution in [1.29, 1.82) is 0 Å². The van der Waals surface area contributed by atoms with E-state index >= 15 is 0 Å². The van der Waals surface area contributed by atoms with Gasteiger partial charge in [0, 0.05) is 36.2 Å². The fraction of sp³-hybridized carbons (Fsp3) is 0.150. The molecule has 0 fully saturated rings. The Morgan fingerprint density at radius 1 is 1.26 bits per heavy atom. The van der Waals surface area contributed by atoms with Gasteiger partial charge in [-0.05, 0) is 22.6 Å². The molecular formula is C20H17N3O3S. The summed E-state index contributed by atoms with van der Waals surface area (Å²) in [5, 5.41) is 5.08. The van der Waals surface area contributed by atoms with Crippen LogP contribution in [-0.2, 0) is 16.0 Å². The van der Waals surface area contributed by atoms with Crippen LogP contribution < -0.4 is 5.56 Å². The largest absolute Gasteiger partial charge is 0.466 e. The molecule has 0 aliphatic rings. The van der Waals surface area contributed by atoms with Gasteiger partial charge in [0.05, 0.1) is 12.2 Å². The van der Waals surface area contributed by atoms with Crippen LogP contribution in [0.4, 0.5) is 0 Å². The Labute approximate surface area is 159 Å². The van der Waals surface area contributed by atoms with Gasteiger partial charge in [-0.15, -0.1) is 11.3 Å². The van der Waals surface area contributed by atoms with Gasteiger partial charge in [0.25, 0.3) is 5.56 Å². The topological polar surface area (TPSA) is 76.5 Å². The highest BCUT2D eigenvalue weighted by Gasteiger charge is 2.14. The van der Waals surface area contributed by atoms with Gasteiger partial charge in [-0.3, -0.25) is 14.7 Å². The van der Waals surface area contributed by atoms with E-state index in [0.29, 0.717) is 17.6 Å². The number of hydrogen-bond acceptors (Lipinski definition) is 5. The molecule has 27 heavy (non-hydrogen) atoms. The number of nitrogens with zero attached hydrogens (tertiary/aromatic N) is 2. The molecule has 0 bridgehead atoms. The van der Waals surface area contributed by atoms with Crippen molar-refractivity contribution in [2.24, 2.45) is 0 Å². The fourth-order valence-corrected chi connectivity index (χ4v) is 3.84. The summed E-state index contributed by atoms with van der Waals surface area (Å²) in [7, 11) is 0. The second-order valence-corrected chi connectivity index (χ2v) is 7.00. The molecule has 0 unspecified atom stereocenters. The van der Waals surface area contributed by atoms with Crippen LogP contribution >= 0.6 is 11.3 Å². The van der Waals surface area contributed by atoms with Gasteiger partial charge < -0.3 is 4.74 Å². The lowest BCUT2D eigenvalue weighted by Crippen LogP contribution is -2.21. The summed E-state index contributed by atoms with van der Waals surface area (Å²) >= 11 is 1.61. The summed E-state index contributed by atoms with van der Waals surface area (Å²) in [5.41, 5.74) is 4.06. The molecule has 4 aromatic rings. The standard InChI is InChI=1S/C20H17N3O3S/c1-13(24)26-8-7-15-10-21-19-17(11-22-23(19)20(15)25)18-9-16(12-27-18)14-5-3-2-4-6-14/h2-6,9-12,22H,7-8H2,1H3. The number of fused-ring (bicyclic) bond motifs is 1. The van der Waals surface area contributed by atoms with Crippen molar-refractivity contribution in [1.82, 2.24) is 14.6 Å². The lowest BCUT2D eigenvalue weighted by Gasteiger charge is -2.02. The minimum absolute atomic E-state index is 0.164. The third kappa shape index (κ3) is 3.41. The Bertz CT molecular complexity index is 1160. The molecule has 3 heterocycles. The summed E-state index contributed by atoms with van der Waals surface area (Å²) in [6.45, 7) is 1.51. The Balaban J connectivity index is 1.66. The van der Waals surface area contributed by atoms with E-state index in [1.165, 1.54) is 11.4 Å². The zero-order valence-corrected chi connectivity index (χ0v) is 15.5. The van der Waals surface area contributed by atoms with Gasteiger partial charge >= 0.3 is 5.97 Å². The zero-order valence-electron chi connectivity index (χ0n) is 14.6. The molecule has 0 aliphatic carbocycles. The van der Waals surface area contributed by atoms with Crippen molar-refractivity contribution < 1.29 is 9.53 Å². The number of ether oxygens (including phenoxy) is 1. The Hall–Kier alpha value is -3.19. The third-order valence-electron chi connectivity index (χ3n) is 4.26. The van der Waals surface area contributed by atoms with Gasteiger partial charge in [0.1, 0.15) is 0 Å². The predicted octanol–water partition coefficient (Wildman–Crippen LogP) is 3.52. The van der Waals surface area contributed by atoms with Crippen molar-refractivity contribution in [3.05, 3.63) is 70.1 Å². The molecule has 6 nitrogen and oxygen atoms in total. The van der Waals surface area contributed by atoms with Gasteiger partial charge in [0.2, 0.25) is 0 Å². The van der Waals surface area contributed by atoms with Gasteiger partial charge in [-0.25, -0.2) is 9.50 Å².